The van der Waals surface area contributed by atoms with Crippen LogP contribution in [-0.4, -0.2) is 45.2 Å². The quantitative estimate of drug-likeness (QED) is 0.415. The molecule has 0 atom stereocenters. The molecule has 2 aromatic carbocycles. The highest BCUT2D eigenvalue weighted by molar-refractivity contribution is 7.07. The minimum absolute atomic E-state index is 0.0333. The summed E-state index contributed by atoms with van der Waals surface area (Å²) < 4.78 is 33.4. The van der Waals surface area contributed by atoms with Crippen LogP contribution in [0.1, 0.15) is 5.56 Å². The fourth-order valence-electron chi connectivity index (χ4n) is 2.94. The molecule has 0 aliphatic rings. The molecule has 0 bridgehead atoms. The number of nitrogens with one attached hydrogen (secondary N) is 1. The van der Waals surface area contributed by atoms with Crippen molar-refractivity contribution in [2.24, 2.45) is 0 Å². The Morgan fingerprint density at radius 2 is 1.79 bits per heavy atom. The van der Waals surface area contributed by atoms with Crippen molar-refractivity contribution in [3.63, 3.8) is 0 Å². The number of carboxylic acid groups (broad SMARTS) is 1. The summed E-state index contributed by atoms with van der Waals surface area (Å²) in [5, 5.41) is 22.6. The van der Waals surface area contributed by atoms with Gasteiger partial charge in [0.1, 0.15) is 12.1 Å². The maximum absolute atomic E-state index is 13.2. The predicted octanol–water partition coefficient (Wildman–Crippen LogP) is 4.40. The van der Waals surface area contributed by atoms with Gasteiger partial charge in [-0.25, -0.2) is 9.48 Å². The molecule has 178 valence electrons. The van der Waals surface area contributed by atoms with Crippen molar-refractivity contribution >= 4 is 45.6 Å². The number of fused-ring (bicyclic) bond motifs is 1. The summed E-state index contributed by atoms with van der Waals surface area (Å²) >= 11 is 1.63. The third-order valence-corrected chi connectivity index (χ3v) is 5.37. The maximum Gasteiger partial charge on any atom is 0.490 e. The molecule has 0 aliphatic heterocycles. The molecular weight excluding hydrogens is 471 g/mol. The second-order valence-electron chi connectivity index (χ2n) is 6.95. The van der Waals surface area contributed by atoms with Crippen LogP contribution in [0.25, 0.3) is 11.0 Å². The summed E-state index contributed by atoms with van der Waals surface area (Å²) in [5.41, 5.74) is 4.60. The summed E-state index contributed by atoms with van der Waals surface area (Å²) in [6.45, 7) is 0.659. The molecule has 2 aromatic heterocycles. The summed E-state index contributed by atoms with van der Waals surface area (Å²) in [6.07, 6.45) is -5.08. The topological polar surface area (TPSA) is 100 Å². The molecule has 1 amide bonds. The Bertz CT molecular complexity index is 1240. The lowest BCUT2D eigenvalue weighted by atomic mass is 10.2. The lowest BCUT2D eigenvalue weighted by Crippen LogP contribution is -2.33. The normalized spacial score (nSPS) is 10.9. The van der Waals surface area contributed by atoms with E-state index in [1.807, 2.05) is 67.0 Å². The van der Waals surface area contributed by atoms with Gasteiger partial charge >= 0.3 is 12.1 Å². The number of nitrogens with zero attached hydrogens (tertiary/aromatic N) is 4. The number of benzene rings is 2. The van der Waals surface area contributed by atoms with Gasteiger partial charge in [0.05, 0.1) is 12.1 Å². The fraction of sp³-hybridized carbons (Fsp3) is 0.182. The molecule has 0 spiro atoms. The molecule has 0 unspecified atom stereocenters. The highest BCUT2D eigenvalue weighted by atomic mass is 32.1. The average molecular weight is 491 g/mol. The number of alkyl halides is 3. The molecule has 0 saturated heterocycles. The smallest absolute Gasteiger partial charge is 0.475 e. The number of rotatable bonds is 6. The molecule has 0 aliphatic carbocycles. The first-order valence-electron chi connectivity index (χ1n) is 9.86. The Hall–Kier alpha value is -3.93. The van der Waals surface area contributed by atoms with Gasteiger partial charge < -0.3 is 15.3 Å². The Kier molecular flexibility index (Phi) is 7.84. The van der Waals surface area contributed by atoms with Crippen LogP contribution in [-0.2, 0) is 22.7 Å². The van der Waals surface area contributed by atoms with Gasteiger partial charge in [0.15, 0.2) is 0 Å². The summed E-state index contributed by atoms with van der Waals surface area (Å²) in [7, 11) is 1.87. The number of aromatic nitrogens is 3. The number of carbonyl (C=O) groups excluding carboxylic acids is 1. The van der Waals surface area contributed by atoms with Crippen LogP contribution in [0.15, 0.2) is 65.4 Å². The van der Waals surface area contributed by atoms with Crippen molar-refractivity contribution in [2.75, 3.05) is 17.3 Å². The highest BCUT2D eigenvalue weighted by Crippen LogP contribution is 2.22. The first kappa shape index (κ1) is 24.7. The summed E-state index contributed by atoms with van der Waals surface area (Å²) in [5.74, 6) is -2.79. The van der Waals surface area contributed by atoms with Gasteiger partial charge in [-0.05, 0) is 58.8 Å². The number of halogens is 3. The Morgan fingerprint density at radius 1 is 1.12 bits per heavy atom. The van der Waals surface area contributed by atoms with Gasteiger partial charge in [0, 0.05) is 18.4 Å². The molecule has 8 nitrogen and oxygen atoms in total. The van der Waals surface area contributed by atoms with Crippen LogP contribution in [0.3, 0.4) is 0 Å². The van der Waals surface area contributed by atoms with E-state index < -0.39 is 12.1 Å². The van der Waals surface area contributed by atoms with Crippen molar-refractivity contribution in [3.8, 4) is 0 Å². The standard InChI is InChI=1S/C20H19N5OS.C2HF3O2/c1-21-16-6-8-17(9-7-16)24(12-15-10-11-27-14-15)20(26)13-25-19-5-3-2-4-18(19)22-23-25;3-2(4,5)1(6)7/h2-11,14,21H,12-13H2,1H3;(H,6,7). The predicted molar refractivity (Wildman–Crippen MR) is 123 cm³/mol. The van der Waals surface area contributed by atoms with E-state index in [1.165, 1.54) is 0 Å². The number of hydrogen-bond acceptors (Lipinski definition) is 6. The second kappa shape index (κ2) is 10.8. The van der Waals surface area contributed by atoms with Crippen molar-refractivity contribution in [3.05, 3.63) is 70.9 Å². The molecule has 0 saturated carbocycles. The first-order valence-corrected chi connectivity index (χ1v) is 10.8. The minimum atomic E-state index is -5.08. The van der Waals surface area contributed by atoms with Crippen molar-refractivity contribution < 1.29 is 27.9 Å². The molecule has 2 heterocycles. The van der Waals surface area contributed by atoms with Gasteiger partial charge in [-0.1, -0.05) is 17.3 Å². The van der Waals surface area contributed by atoms with E-state index in [9.17, 15) is 18.0 Å². The van der Waals surface area contributed by atoms with Gasteiger partial charge in [0.2, 0.25) is 5.91 Å². The van der Waals surface area contributed by atoms with E-state index in [2.05, 4.69) is 21.0 Å². The number of hydrogen-bond donors (Lipinski definition) is 2. The van der Waals surface area contributed by atoms with Crippen LogP contribution < -0.4 is 10.2 Å². The average Bonchev–Trinajstić information content (AvgIpc) is 3.47. The molecule has 34 heavy (non-hydrogen) atoms. The van der Waals surface area contributed by atoms with Gasteiger partial charge in [-0.3, -0.25) is 4.79 Å². The number of thiophene rings is 1. The molecule has 0 radical (unpaired) electrons. The number of carbonyl (C=O) groups is 2. The SMILES string of the molecule is CNc1ccc(N(Cc2ccsc2)C(=O)Cn2nnc3ccccc32)cc1.O=C(O)C(F)(F)F. The number of para-hydroxylation sites is 1. The molecule has 2 N–H and O–H groups in total. The van der Waals surface area contributed by atoms with E-state index in [0.717, 1.165) is 28.0 Å². The van der Waals surface area contributed by atoms with E-state index >= 15 is 0 Å². The van der Waals surface area contributed by atoms with Crippen molar-refractivity contribution in [1.82, 2.24) is 15.0 Å². The molecule has 4 aromatic rings. The third-order valence-electron chi connectivity index (χ3n) is 4.64. The third kappa shape index (κ3) is 6.32. The Labute approximate surface area is 196 Å². The number of carboxylic acids is 1. The summed E-state index contributed by atoms with van der Waals surface area (Å²) in [4.78, 5) is 23.8. The number of amides is 1. The monoisotopic (exact) mass is 491 g/mol. The Morgan fingerprint density at radius 3 is 2.38 bits per heavy atom. The summed E-state index contributed by atoms with van der Waals surface area (Å²) in [6, 6.07) is 17.5. The lowest BCUT2D eigenvalue weighted by molar-refractivity contribution is -0.192. The minimum Gasteiger partial charge on any atom is -0.475 e. The van der Waals surface area contributed by atoms with E-state index in [4.69, 9.17) is 9.90 Å². The number of aliphatic carboxylic acids is 1. The lowest BCUT2D eigenvalue weighted by Gasteiger charge is -2.23. The van der Waals surface area contributed by atoms with E-state index in [1.54, 1.807) is 20.9 Å². The highest BCUT2D eigenvalue weighted by Gasteiger charge is 2.38. The second-order valence-corrected chi connectivity index (χ2v) is 7.73. The first-order chi connectivity index (χ1) is 16.2. The van der Waals surface area contributed by atoms with Crippen LogP contribution in [0.4, 0.5) is 24.5 Å². The fourth-order valence-corrected chi connectivity index (χ4v) is 3.60. The van der Waals surface area contributed by atoms with Crippen LogP contribution in [0, 0.1) is 0 Å². The van der Waals surface area contributed by atoms with E-state index in [-0.39, 0.29) is 12.5 Å². The molecular formula is C22H20F3N5O3S. The van der Waals surface area contributed by atoms with Crippen LogP contribution >= 0.6 is 11.3 Å². The Balaban J connectivity index is 0.000000406. The zero-order valence-corrected chi connectivity index (χ0v) is 18.7. The van der Waals surface area contributed by atoms with Crippen molar-refractivity contribution in [2.45, 2.75) is 19.3 Å². The van der Waals surface area contributed by atoms with Crippen LogP contribution in [0.2, 0.25) is 0 Å². The molecule has 0 fully saturated rings. The molecule has 4 rings (SSSR count). The zero-order valence-electron chi connectivity index (χ0n) is 17.9. The largest absolute Gasteiger partial charge is 0.490 e. The zero-order chi connectivity index (χ0) is 24.7. The van der Waals surface area contributed by atoms with Crippen molar-refractivity contribution in [1.29, 1.82) is 0 Å². The van der Waals surface area contributed by atoms with Gasteiger partial charge in [0.25, 0.3) is 0 Å². The maximum atomic E-state index is 13.2. The van der Waals surface area contributed by atoms with E-state index in [0.29, 0.717) is 6.54 Å². The van der Waals surface area contributed by atoms with Crippen LogP contribution in [0.5, 0.6) is 0 Å². The van der Waals surface area contributed by atoms with Gasteiger partial charge in [-0.2, -0.15) is 24.5 Å². The van der Waals surface area contributed by atoms with Gasteiger partial charge in [-0.15, -0.1) is 5.10 Å². The number of anilines is 2. The molecule has 12 heteroatoms.